The van der Waals surface area contributed by atoms with Crippen LogP contribution in [0.15, 0.2) is 47.3 Å². The molecule has 2 aliphatic rings. The molecule has 166 valence electrons. The van der Waals surface area contributed by atoms with Crippen LogP contribution in [0.1, 0.15) is 57.3 Å². The number of carbonyl (C=O) groups excluding carboxylic acids is 2. The standard InChI is InChI=1S/C26H21NO6/c1-2-3-4-7-15-12-14-11-13-6-5-10-26(21(13)22(30)18(14)25(33)27-15)23(31)19-16(28)8-9-17(29)20(19)24(26)32/h2-4,7-9,11-12,28-30H,5-6,10H2,1H3,(H,27,33). The van der Waals surface area contributed by atoms with E-state index >= 15 is 0 Å². The molecule has 7 heteroatoms. The van der Waals surface area contributed by atoms with Gasteiger partial charge in [-0.25, -0.2) is 0 Å². The molecule has 1 aromatic heterocycles. The molecular weight excluding hydrogens is 422 g/mol. The number of allylic oxidation sites excluding steroid dienone is 3. The van der Waals surface area contributed by atoms with Crippen molar-refractivity contribution < 1.29 is 24.9 Å². The second kappa shape index (κ2) is 7.20. The molecule has 0 bridgehead atoms. The lowest BCUT2D eigenvalue weighted by molar-refractivity contribution is 0.0769. The third-order valence-electron chi connectivity index (χ3n) is 6.60. The van der Waals surface area contributed by atoms with Gasteiger partial charge in [-0.2, -0.15) is 0 Å². The van der Waals surface area contributed by atoms with E-state index in [2.05, 4.69) is 4.98 Å². The maximum Gasteiger partial charge on any atom is 0.260 e. The number of aromatic nitrogens is 1. The molecule has 0 saturated heterocycles. The molecule has 3 aromatic rings. The Kier molecular flexibility index (Phi) is 4.53. The molecule has 2 aliphatic carbocycles. The van der Waals surface area contributed by atoms with Crippen LogP contribution in [0.25, 0.3) is 16.8 Å². The van der Waals surface area contributed by atoms with Gasteiger partial charge in [0.15, 0.2) is 11.6 Å². The smallest absolute Gasteiger partial charge is 0.260 e. The highest BCUT2D eigenvalue weighted by Gasteiger charge is 2.59. The molecular formula is C26H21NO6. The number of hydrogen-bond donors (Lipinski definition) is 4. The van der Waals surface area contributed by atoms with Gasteiger partial charge in [-0.05, 0) is 61.4 Å². The number of phenolic OH excluding ortho intramolecular Hbond substituents is 3. The van der Waals surface area contributed by atoms with E-state index in [1.165, 1.54) is 0 Å². The Bertz CT molecular complexity index is 1450. The fourth-order valence-corrected chi connectivity index (χ4v) is 5.22. The molecule has 1 spiro atoms. The molecule has 0 amide bonds. The van der Waals surface area contributed by atoms with Gasteiger partial charge >= 0.3 is 0 Å². The zero-order valence-electron chi connectivity index (χ0n) is 17.8. The highest BCUT2D eigenvalue weighted by molar-refractivity contribution is 6.35. The molecule has 0 saturated carbocycles. The van der Waals surface area contributed by atoms with Crippen LogP contribution in [0.5, 0.6) is 17.2 Å². The Morgan fingerprint density at radius 2 is 1.64 bits per heavy atom. The van der Waals surface area contributed by atoms with E-state index in [-0.39, 0.29) is 28.5 Å². The number of carbonyl (C=O) groups is 2. The molecule has 7 nitrogen and oxygen atoms in total. The van der Waals surface area contributed by atoms with Crippen LogP contribution in [0.4, 0.5) is 0 Å². The second-order valence-electron chi connectivity index (χ2n) is 8.43. The van der Waals surface area contributed by atoms with E-state index in [1.54, 1.807) is 24.3 Å². The summed E-state index contributed by atoms with van der Waals surface area (Å²) in [5.41, 5.74) is -1.60. The Morgan fingerprint density at radius 1 is 0.970 bits per heavy atom. The van der Waals surface area contributed by atoms with Gasteiger partial charge in [0.25, 0.3) is 5.56 Å². The Balaban J connectivity index is 1.79. The van der Waals surface area contributed by atoms with Gasteiger partial charge in [-0.15, -0.1) is 0 Å². The van der Waals surface area contributed by atoms with Crippen LogP contribution in [-0.2, 0) is 11.8 Å². The predicted molar refractivity (Wildman–Crippen MR) is 123 cm³/mol. The average molecular weight is 443 g/mol. The van der Waals surface area contributed by atoms with Crippen LogP contribution < -0.4 is 5.56 Å². The van der Waals surface area contributed by atoms with Crippen molar-refractivity contribution >= 4 is 28.4 Å². The zero-order chi connectivity index (χ0) is 23.5. The zero-order valence-corrected chi connectivity index (χ0v) is 17.8. The first-order valence-corrected chi connectivity index (χ1v) is 10.7. The number of fused-ring (bicyclic) bond motifs is 4. The van der Waals surface area contributed by atoms with Crippen molar-refractivity contribution in [3.63, 3.8) is 0 Å². The number of nitrogens with one attached hydrogen (secondary N) is 1. The maximum absolute atomic E-state index is 13.6. The molecule has 1 heterocycles. The van der Waals surface area contributed by atoms with Crippen LogP contribution in [0.3, 0.4) is 0 Å². The number of aryl methyl sites for hydroxylation is 1. The molecule has 33 heavy (non-hydrogen) atoms. The van der Waals surface area contributed by atoms with Gasteiger partial charge in [0, 0.05) is 11.3 Å². The van der Waals surface area contributed by atoms with Crippen LogP contribution in [0, 0.1) is 0 Å². The van der Waals surface area contributed by atoms with E-state index in [0.717, 1.165) is 12.1 Å². The summed E-state index contributed by atoms with van der Waals surface area (Å²) in [6, 6.07) is 5.78. The van der Waals surface area contributed by atoms with Crippen molar-refractivity contribution in [2.45, 2.75) is 31.6 Å². The lowest BCUT2D eigenvalue weighted by Crippen LogP contribution is -2.41. The lowest BCUT2D eigenvalue weighted by Gasteiger charge is -2.33. The number of aromatic amines is 1. The highest BCUT2D eigenvalue weighted by Crippen LogP contribution is 2.54. The van der Waals surface area contributed by atoms with Gasteiger partial charge in [0.05, 0.1) is 16.5 Å². The van der Waals surface area contributed by atoms with Crippen molar-refractivity contribution in [2.24, 2.45) is 0 Å². The largest absolute Gasteiger partial charge is 0.507 e. The quantitative estimate of drug-likeness (QED) is 0.270. The molecule has 0 atom stereocenters. The first-order valence-electron chi connectivity index (χ1n) is 10.7. The summed E-state index contributed by atoms with van der Waals surface area (Å²) in [6.45, 7) is 1.87. The monoisotopic (exact) mass is 443 g/mol. The first kappa shape index (κ1) is 20.8. The van der Waals surface area contributed by atoms with Crippen molar-refractivity contribution in [1.82, 2.24) is 4.98 Å². The Labute approximate surface area is 188 Å². The van der Waals surface area contributed by atoms with Crippen LogP contribution >= 0.6 is 0 Å². The summed E-state index contributed by atoms with van der Waals surface area (Å²) >= 11 is 0. The number of Topliss-reactive ketones (excluding diaryl/α,β-unsaturated/α-hetero) is 2. The predicted octanol–water partition coefficient (Wildman–Crippen LogP) is 3.89. The SMILES string of the molecule is CC=CC=Cc1cc2cc3c(c(O)c2c(=O)[nH]1)C1(CCC3)C(=O)c2c(O)ccc(O)c2C1=O. The summed E-state index contributed by atoms with van der Waals surface area (Å²) in [4.78, 5) is 42.8. The van der Waals surface area contributed by atoms with Crippen molar-refractivity contribution in [3.05, 3.63) is 80.8 Å². The Hall–Kier alpha value is -4.13. The summed E-state index contributed by atoms with van der Waals surface area (Å²) in [6.07, 6.45) is 8.26. The van der Waals surface area contributed by atoms with Gasteiger partial charge in [-0.3, -0.25) is 14.4 Å². The number of aromatic hydroxyl groups is 3. The van der Waals surface area contributed by atoms with E-state index < -0.39 is 39.8 Å². The number of hydrogen-bond acceptors (Lipinski definition) is 6. The molecule has 0 fully saturated rings. The minimum Gasteiger partial charge on any atom is -0.507 e. The second-order valence-corrected chi connectivity index (χ2v) is 8.43. The molecule has 5 rings (SSSR count). The molecule has 4 N–H and O–H groups in total. The van der Waals surface area contributed by atoms with E-state index in [0.29, 0.717) is 29.5 Å². The summed E-state index contributed by atoms with van der Waals surface area (Å²) in [7, 11) is 0. The third-order valence-corrected chi connectivity index (χ3v) is 6.60. The number of rotatable bonds is 2. The molecule has 0 aliphatic heterocycles. The van der Waals surface area contributed by atoms with Gasteiger partial charge in [0.2, 0.25) is 0 Å². The number of phenols is 3. The average Bonchev–Trinajstić information content (AvgIpc) is 2.99. The minimum absolute atomic E-state index is 0.0109. The number of benzene rings is 2. The van der Waals surface area contributed by atoms with E-state index in [9.17, 15) is 29.7 Å². The number of H-pyrrole nitrogens is 1. The van der Waals surface area contributed by atoms with Crippen LogP contribution in [0.2, 0.25) is 0 Å². The maximum atomic E-state index is 13.6. The van der Waals surface area contributed by atoms with Gasteiger partial charge in [-0.1, -0.05) is 24.3 Å². The summed E-state index contributed by atoms with van der Waals surface area (Å²) in [5.74, 6) is -2.56. The third kappa shape index (κ3) is 2.72. The molecule has 2 aromatic carbocycles. The highest BCUT2D eigenvalue weighted by atomic mass is 16.3. The van der Waals surface area contributed by atoms with Gasteiger partial charge in [0.1, 0.15) is 22.7 Å². The summed E-state index contributed by atoms with van der Waals surface area (Å²) < 4.78 is 0. The number of pyridine rings is 1. The Morgan fingerprint density at radius 3 is 2.27 bits per heavy atom. The lowest BCUT2D eigenvalue weighted by atomic mass is 9.66. The fourth-order valence-electron chi connectivity index (χ4n) is 5.22. The van der Waals surface area contributed by atoms with Crippen LogP contribution in [-0.4, -0.2) is 31.9 Å². The molecule has 0 unspecified atom stereocenters. The normalized spacial score (nSPS) is 16.9. The number of ketones is 2. The topological polar surface area (TPSA) is 128 Å². The van der Waals surface area contributed by atoms with Crippen molar-refractivity contribution in [3.8, 4) is 17.2 Å². The van der Waals surface area contributed by atoms with Gasteiger partial charge < -0.3 is 20.3 Å². The minimum atomic E-state index is -1.79. The fraction of sp³-hybridized carbons (Fsp3) is 0.192. The van der Waals surface area contributed by atoms with Crippen molar-refractivity contribution in [1.29, 1.82) is 0 Å². The van der Waals surface area contributed by atoms with E-state index in [1.807, 2.05) is 19.1 Å². The van der Waals surface area contributed by atoms with Crippen molar-refractivity contribution in [2.75, 3.05) is 0 Å². The first-order chi connectivity index (χ1) is 15.8. The summed E-state index contributed by atoms with van der Waals surface area (Å²) in [5, 5.41) is 32.4. The molecule has 0 radical (unpaired) electrons. The van der Waals surface area contributed by atoms with E-state index in [4.69, 9.17) is 0 Å².